The average Bonchev–Trinajstić information content (AvgIpc) is 2.34. The SMILES string of the molecule is CCCCC(N)(CCCC)C1(O)CCCCC1. The lowest BCUT2D eigenvalue weighted by atomic mass is 9.67. The van der Waals surface area contributed by atoms with Gasteiger partial charge < -0.3 is 10.8 Å². The molecule has 0 unspecified atom stereocenters. The van der Waals surface area contributed by atoms with E-state index in [0.29, 0.717) is 0 Å². The topological polar surface area (TPSA) is 46.2 Å². The number of hydrogen-bond donors (Lipinski definition) is 2. The van der Waals surface area contributed by atoms with E-state index in [9.17, 15) is 5.11 Å². The van der Waals surface area contributed by atoms with Crippen molar-refractivity contribution in [3.63, 3.8) is 0 Å². The van der Waals surface area contributed by atoms with Crippen LogP contribution in [0.2, 0.25) is 0 Å². The number of hydrogen-bond acceptors (Lipinski definition) is 2. The Bertz CT molecular complexity index is 201. The molecule has 0 radical (unpaired) electrons. The summed E-state index contributed by atoms with van der Waals surface area (Å²) in [4.78, 5) is 0. The van der Waals surface area contributed by atoms with Crippen molar-refractivity contribution in [3.05, 3.63) is 0 Å². The summed E-state index contributed by atoms with van der Waals surface area (Å²) >= 11 is 0. The highest BCUT2D eigenvalue weighted by Gasteiger charge is 2.46. The second-order valence-electron chi connectivity index (χ2n) is 5.96. The summed E-state index contributed by atoms with van der Waals surface area (Å²) < 4.78 is 0. The summed E-state index contributed by atoms with van der Waals surface area (Å²) in [6.45, 7) is 4.40. The molecule has 1 saturated carbocycles. The first-order valence-electron chi connectivity index (χ1n) is 7.59. The first kappa shape index (κ1) is 15.0. The molecular weight excluding hydrogens is 210 g/mol. The Balaban J connectivity index is 2.71. The summed E-state index contributed by atoms with van der Waals surface area (Å²) in [5.74, 6) is 0. The van der Waals surface area contributed by atoms with Crippen molar-refractivity contribution in [1.29, 1.82) is 0 Å². The van der Waals surface area contributed by atoms with Gasteiger partial charge in [-0.15, -0.1) is 0 Å². The van der Waals surface area contributed by atoms with Gasteiger partial charge in [-0.25, -0.2) is 0 Å². The molecule has 0 atom stereocenters. The van der Waals surface area contributed by atoms with Gasteiger partial charge in [-0.1, -0.05) is 58.8 Å². The van der Waals surface area contributed by atoms with Crippen LogP contribution in [0.5, 0.6) is 0 Å². The van der Waals surface area contributed by atoms with Crippen molar-refractivity contribution >= 4 is 0 Å². The molecule has 1 fully saturated rings. The first-order valence-corrected chi connectivity index (χ1v) is 7.59. The van der Waals surface area contributed by atoms with E-state index in [1.807, 2.05) is 0 Å². The second-order valence-corrected chi connectivity index (χ2v) is 5.96. The number of rotatable bonds is 7. The van der Waals surface area contributed by atoms with Crippen LogP contribution in [-0.4, -0.2) is 16.2 Å². The summed E-state index contributed by atoms with van der Waals surface area (Å²) in [6, 6.07) is 0. The van der Waals surface area contributed by atoms with Crippen molar-refractivity contribution < 1.29 is 5.11 Å². The van der Waals surface area contributed by atoms with Crippen molar-refractivity contribution in [2.24, 2.45) is 5.73 Å². The van der Waals surface area contributed by atoms with Gasteiger partial charge >= 0.3 is 0 Å². The Hall–Kier alpha value is -0.0800. The van der Waals surface area contributed by atoms with Gasteiger partial charge in [-0.3, -0.25) is 0 Å². The zero-order valence-corrected chi connectivity index (χ0v) is 11.8. The predicted octanol–water partition coefficient (Wildman–Crippen LogP) is 3.76. The lowest BCUT2D eigenvalue weighted by Crippen LogP contribution is -2.61. The third-order valence-electron chi connectivity index (χ3n) is 4.56. The maximum Gasteiger partial charge on any atom is 0.0826 e. The fraction of sp³-hybridized carbons (Fsp3) is 1.00. The Morgan fingerprint density at radius 2 is 1.47 bits per heavy atom. The van der Waals surface area contributed by atoms with Crippen LogP contribution in [0, 0.1) is 0 Å². The second kappa shape index (κ2) is 6.75. The van der Waals surface area contributed by atoms with E-state index in [-0.39, 0.29) is 5.54 Å². The summed E-state index contributed by atoms with van der Waals surface area (Å²) in [7, 11) is 0. The smallest absolute Gasteiger partial charge is 0.0826 e. The van der Waals surface area contributed by atoms with Gasteiger partial charge in [0.05, 0.1) is 5.60 Å². The Labute approximate surface area is 107 Å². The van der Waals surface area contributed by atoms with Crippen molar-refractivity contribution in [3.8, 4) is 0 Å². The molecule has 0 aliphatic heterocycles. The van der Waals surface area contributed by atoms with Gasteiger partial charge in [-0.2, -0.15) is 0 Å². The zero-order chi connectivity index (χ0) is 12.8. The molecule has 2 heteroatoms. The molecule has 102 valence electrons. The molecule has 0 heterocycles. The predicted molar refractivity (Wildman–Crippen MR) is 74.0 cm³/mol. The maximum atomic E-state index is 10.9. The molecule has 0 spiro atoms. The Morgan fingerprint density at radius 3 is 1.88 bits per heavy atom. The lowest BCUT2D eigenvalue weighted by Gasteiger charge is -2.47. The van der Waals surface area contributed by atoms with Gasteiger partial charge in [0.2, 0.25) is 0 Å². The van der Waals surface area contributed by atoms with Crippen LogP contribution in [0.4, 0.5) is 0 Å². The highest BCUT2D eigenvalue weighted by atomic mass is 16.3. The van der Waals surface area contributed by atoms with Crippen molar-refractivity contribution in [2.75, 3.05) is 0 Å². The molecule has 0 amide bonds. The van der Waals surface area contributed by atoms with E-state index in [4.69, 9.17) is 5.73 Å². The minimum atomic E-state index is -0.588. The van der Waals surface area contributed by atoms with Gasteiger partial charge in [-0.05, 0) is 25.7 Å². The highest BCUT2D eigenvalue weighted by molar-refractivity contribution is 5.04. The monoisotopic (exact) mass is 241 g/mol. The number of aliphatic hydroxyl groups is 1. The van der Waals surface area contributed by atoms with E-state index in [0.717, 1.165) is 51.4 Å². The molecule has 1 aliphatic carbocycles. The van der Waals surface area contributed by atoms with E-state index >= 15 is 0 Å². The summed E-state index contributed by atoms with van der Waals surface area (Å²) in [6.07, 6.45) is 12.0. The Morgan fingerprint density at radius 1 is 1.00 bits per heavy atom. The molecule has 1 aliphatic rings. The van der Waals surface area contributed by atoms with Crippen LogP contribution >= 0.6 is 0 Å². The number of unbranched alkanes of at least 4 members (excludes halogenated alkanes) is 2. The fourth-order valence-corrected chi connectivity index (χ4v) is 3.21. The third-order valence-corrected chi connectivity index (χ3v) is 4.56. The molecule has 3 N–H and O–H groups in total. The van der Waals surface area contributed by atoms with Gasteiger partial charge in [0, 0.05) is 5.54 Å². The first-order chi connectivity index (χ1) is 8.08. The third kappa shape index (κ3) is 3.69. The van der Waals surface area contributed by atoms with Crippen molar-refractivity contribution in [2.45, 2.75) is 95.6 Å². The molecular formula is C15H31NO. The average molecular weight is 241 g/mol. The van der Waals surface area contributed by atoms with E-state index < -0.39 is 5.60 Å². The van der Waals surface area contributed by atoms with Crippen LogP contribution in [0.1, 0.15) is 84.5 Å². The van der Waals surface area contributed by atoms with E-state index in [1.54, 1.807) is 0 Å². The maximum absolute atomic E-state index is 10.9. The molecule has 17 heavy (non-hydrogen) atoms. The van der Waals surface area contributed by atoms with E-state index in [2.05, 4.69) is 13.8 Å². The van der Waals surface area contributed by atoms with Crippen LogP contribution in [-0.2, 0) is 0 Å². The van der Waals surface area contributed by atoms with Gasteiger partial charge in [0.15, 0.2) is 0 Å². The standard InChI is InChI=1S/C15H31NO/c1-3-5-10-14(16,11-6-4-2)15(17)12-8-7-9-13-15/h17H,3-13,16H2,1-2H3. The summed E-state index contributed by atoms with van der Waals surface area (Å²) in [5, 5.41) is 10.9. The van der Waals surface area contributed by atoms with Crippen molar-refractivity contribution in [1.82, 2.24) is 0 Å². The zero-order valence-electron chi connectivity index (χ0n) is 11.8. The van der Waals surface area contributed by atoms with Crippen LogP contribution < -0.4 is 5.73 Å². The lowest BCUT2D eigenvalue weighted by molar-refractivity contribution is -0.0725. The minimum absolute atomic E-state index is 0.334. The Kier molecular flexibility index (Phi) is 5.94. The molecule has 0 saturated heterocycles. The van der Waals surface area contributed by atoms with E-state index in [1.165, 1.54) is 19.3 Å². The van der Waals surface area contributed by atoms with Gasteiger partial charge in [0.25, 0.3) is 0 Å². The molecule has 2 nitrogen and oxygen atoms in total. The van der Waals surface area contributed by atoms with Gasteiger partial charge in [0.1, 0.15) is 0 Å². The number of nitrogens with two attached hydrogens (primary N) is 1. The highest BCUT2D eigenvalue weighted by Crippen LogP contribution is 2.40. The molecule has 1 rings (SSSR count). The molecule has 0 aromatic heterocycles. The molecule has 0 aromatic rings. The largest absolute Gasteiger partial charge is 0.388 e. The van der Waals surface area contributed by atoms with Crippen LogP contribution in [0.15, 0.2) is 0 Å². The normalized spacial score (nSPS) is 20.5. The molecule has 0 bridgehead atoms. The molecule has 0 aromatic carbocycles. The fourth-order valence-electron chi connectivity index (χ4n) is 3.21. The summed E-state index contributed by atoms with van der Waals surface area (Å²) in [5.41, 5.74) is 5.71. The minimum Gasteiger partial charge on any atom is -0.388 e. The quantitative estimate of drug-likeness (QED) is 0.713. The van der Waals surface area contributed by atoms with Crippen LogP contribution in [0.25, 0.3) is 0 Å². The van der Waals surface area contributed by atoms with Crippen LogP contribution in [0.3, 0.4) is 0 Å².